The van der Waals surface area contributed by atoms with Crippen LogP contribution < -0.4 is 11.1 Å². The van der Waals surface area contributed by atoms with Gasteiger partial charge in [-0.25, -0.2) is 0 Å². The first kappa shape index (κ1) is 17.7. The maximum Gasteiger partial charge on any atom is 0.261 e. The van der Waals surface area contributed by atoms with Crippen LogP contribution in [-0.2, 0) is 4.74 Å². The molecule has 1 aromatic heterocycles. The third-order valence-electron chi connectivity index (χ3n) is 2.84. The van der Waals surface area contributed by atoms with Gasteiger partial charge in [-0.1, -0.05) is 25.2 Å². The fraction of sp³-hybridized carbons (Fsp3) is 0.562. The van der Waals surface area contributed by atoms with E-state index in [0.29, 0.717) is 24.6 Å². The molecule has 4 nitrogen and oxygen atoms in total. The summed E-state index contributed by atoms with van der Waals surface area (Å²) >= 11 is 1.41. The minimum atomic E-state index is -0.0440. The predicted octanol–water partition coefficient (Wildman–Crippen LogP) is 2.30. The van der Waals surface area contributed by atoms with Gasteiger partial charge in [-0.05, 0) is 31.4 Å². The third kappa shape index (κ3) is 6.76. The first-order chi connectivity index (χ1) is 10.2. The number of carbonyl (C=O) groups excluding carboxylic acids is 1. The predicted molar refractivity (Wildman–Crippen MR) is 87.7 cm³/mol. The number of nitrogens with one attached hydrogen (secondary N) is 1. The molecule has 0 unspecified atom stereocenters. The van der Waals surface area contributed by atoms with Crippen LogP contribution in [0.1, 0.15) is 46.3 Å². The smallest absolute Gasteiger partial charge is 0.261 e. The van der Waals surface area contributed by atoms with E-state index >= 15 is 0 Å². The van der Waals surface area contributed by atoms with E-state index in [2.05, 4.69) is 24.1 Å². The summed E-state index contributed by atoms with van der Waals surface area (Å²) in [6, 6.07) is 1.87. The number of hydrogen-bond acceptors (Lipinski definition) is 4. The monoisotopic (exact) mass is 308 g/mol. The van der Waals surface area contributed by atoms with Crippen LogP contribution in [0.3, 0.4) is 0 Å². The summed E-state index contributed by atoms with van der Waals surface area (Å²) in [6.07, 6.45) is 3.07. The van der Waals surface area contributed by atoms with Gasteiger partial charge in [0.25, 0.3) is 5.91 Å². The van der Waals surface area contributed by atoms with Crippen molar-refractivity contribution in [3.63, 3.8) is 0 Å². The van der Waals surface area contributed by atoms with Crippen molar-refractivity contribution in [3.8, 4) is 11.8 Å². The summed E-state index contributed by atoms with van der Waals surface area (Å²) in [6.45, 7) is 6.55. The van der Waals surface area contributed by atoms with Gasteiger partial charge in [0, 0.05) is 19.8 Å². The Hall–Kier alpha value is -1.35. The average molecular weight is 308 g/mol. The zero-order chi connectivity index (χ0) is 15.5. The Labute approximate surface area is 131 Å². The molecule has 0 fully saturated rings. The van der Waals surface area contributed by atoms with Crippen LogP contribution in [0.25, 0.3) is 0 Å². The van der Waals surface area contributed by atoms with Gasteiger partial charge in [-0.3, -0.25) is 4.79 Å². The second-order valence-electron chi connectivity index (χ2n) is 4.70. The zero-order valence-corrected chi connectivity index (χ0v) is 13.6. The van der Waals surface area contributed by atoms with Gasteiger partial charge in [0.2, 0.25) is 0 Å². The van der Waals surface area contributed by atoms with Crippen LogP contribution >= 0.6 is 11.3 Å². The van der Waals surface area contributed by atoms with E-state index in [1.165, 1.54) is 11.3 Å². The molecule has 3 N–H and O–H groups in total. The molecule has 0 spiro atoms. The molecule has 0 aromatic carbocycles. The highest BCUT2D eigenvalue weighted by atomic mass is 32.1. The van der Waals surface area contributed by atoms with Crippen LogP contribution in [0.2, 0.25) is 0 Å². The normalized spacial score (nSPS) is 10.0. The summed E-state index contributed by atoms with van der Waals surface area (Å²) < 4.78 is 5.45. The molecule has 1 rings (SSSR count). The summed E-state index contributed by atoms with van der Waals surface area (Å²) in [7, 11) is 0. The largest absolute Gasteiger partial charge is 0.381 e. The minimum absolute atomic E-state index is 0.0440. The van der Waals surface area contributed by atoms with Crippen LogP contribution in [0.5, 0.6) is 0 Å². The maximum absolute atomic E-state index is 12.0. The Morgan fingerprint density at radius 1 is 1.43 bits per heavy atom. The van der Waals surface area contributed by atoms with Crippen molar-refractivity contribution >= 4 is 17.2 Å². The highest BCUT2D eigenvalue weighted by Crippen LogP contribution is 2.20. The summed E-state index contributed by atoms with van der Waals surface area (Å²) in [5, 5.41) is 2.91. The average Bonchev–Trinajstić information content (AvgIpc) is 2.85. The number of amides is 1. The van der Waals surface area contributed by atoms with Crippen molar-refractivity contribution in [2.45, 2.75) is 33.1 Å². The lowest BCUT2D eigenvalue weighted by Gasteiger charge is -2.04. The molecular weight excluding hydrogens is 284 g/mol. The molecule has 21 heavy (non-hydrogen) atoms. The topological polar surface area (TPSA) is 64.3 Å². The number of hydrogen-bond donors (Lipinski definition) is 2. The van der Waals surface area contributed by atoms with E-state index in [-0.39, 0.29) is 5.91 Å². The van der Waals surface area contributed by atoms with Gasteiger partial charge in [0.15, 0.2) is 0 Å². The van der Waals surface area contributed by atoms with E-state index in [4.69, 9.17) is 10.5 Å². The SMILES string of the molecule is CCCCOCCCNC(=O)c1cc(C)c(C#CCN)s1. The second kappa shape index (κ2) is 10.4. The molecule has 0 aliphatic carbocycles. The Balaban J connectivity index is 2.32. The Morgan fingerprint density at radius 2 is 2.19 bits per heavy atom. The molecule has 0 radical (unpaired) electrons. The minimum Gasteiger partial charge on any atom is -0.381 e. The Morgan fingerprint density at radius 3 is 2.90 bits per heavy atom. The number of rotatable bonds is 8. The number of nitrogens with two attached hydrogens (primary N) is 1. The van der Waals surface area contributed by atoms with Gasteiger partial charge >= 0.3 is 0 Å². The molecule has 0 saturated heterocycles. The van der Waals surface area contributed by atoms with Crippen molar-refractivity contribution in [3.05, 3.63) is 21.4 Å². The molecule has 0 saturated carbocycles. The molecule has 5 heteroatoms. The summed E-state index contributed by atoms with van der Waals surface area (Å²) in [5.41, 5.74) is 6.38. The first-order valence-electron chi connectivity index (χ1n) is 7.34. The Bertz CT molecular complexity index is 500. The molecular formula is C16H24N2O2S. The van der Waals surface area contributed by atoms with Gasteiger partial charge in [-0.2, -0.15) is 0 Å². The van der Waals surface area contributed by atoms with Crippen molar-refractivity contribution in [2.75, 3.05) is 26.3 Å². The van der Waals surface area contributed by atoms with Gasteiger partial charge in [-0.15, -0.1) is 11.3 Å². The van der Waals surface area contributed by atoms with Crippen LogP contribution in [0.15, 0.2) is 6.07 Å². The zero-order valence-electron chi connectivity index (χ0n) is 12.8. The number of thiophene rings is 1. The lowest BCUT2D eigenvalue weighted by Crippen LogP contribution is -2.24. The molecule has 0 aliphatic heterocycles. The number of aryl methyl sites for hydroxylation is 1. The highest BCUT2D eigenvalue weighted by molar-refractivity contribution is 7.14. The van der Waals surface area contributed by atoms with Gasteiger partial charge < -0.3 is 15.8 Å². The fourth-order valence-electron chi connectivity index (χ4n) is 1.66. The maximum atomic E-state index is 12.0. The Kier molecular flexibility index (Phi) is 8.76. The van der Waals surface area contributed by atoms with Crippen molar-refractivity contribution in [1.82, 2.24) is 5.32 Å². The lowest BCUT2D eigenvalue weighted by atomic mass is 10.2. The van der Waals surface area contributed by atoms with Gasteiger partial charge in [0.05, 0.1) is 16.3 Å². The fourth-order valence-corrected chi connectivity index (χ4v) is 2.62. The van der Waals surface area contributed by atoms with Crippen LogP contribution in [0, 0.1) is 18.8 Å². The molecule has 0 atom stereocenters. The number of carbonyl (C=O) groups is 1. The van der Waals surface area contributed by atoms with Gasteiger partial charge in [0.1, 0.15) is 0 Å². The van der Waals surface area contributed by atoms with E-state index in [1.54, 1.807) is 0 Å². The molecule has 0 aliphatic rings. The highest BCUT2D eigenvalue weighted by Gasteiger charge is 2.10. The van der Waals surface area contributed by atoms with E-state index in [0.717, 1.165) is 36.3 Å². The lowest BCUT2D eigenvalue weighted by molar-refractivity contribution is 0.0944. The number of unbranched alkanes of at least 4 members (excludes halogenated alkanes) is 1. The van der Waals surface area contributed by atoms with Crippen molar-refractivity contribution in [2.24, 2.45) is 5.73 Å². The van der Waals surface area contributed by atoms with E-state index in [1.807, 2.05) is 13.0 Å². The standard InChI is InChI=1S/C16H24N2O2S/c1-3-4-10-20-11-6-9-18-16(19)15-12-13(2)14(21-15)7-5-8-17/h12H,3-4,6,8-11,17H2,1-2H3,(H,18,19). The molecule has 0 bridgehead atoms. The molecule has 1 heterocycles. The first-order valence-corrected chi connectivity index (χ1v) is 8.16. The summed E-state index contributed by atoms with van der Waals surface area (Å²) in [4.78, 5) is 13.6. The van der Waals surface area contributed by atoms with E-state index in [9.17, 15) is 4.79 Å². The summed E-state index contributed by atoms with van der Waals surface area (Å²) in [5.74, 6) is 5.76. The third-order valence-corrected chi connectivity index (χ3v) is 3.99. The van der Waals surface area contributed by atoms with Crippen LogP contribution in [-0.4, -0.2) is 32.2 Å². The van der Waals surface area contributed by atoms with E-state index < -0.39 is 0 Å². The molecule has 1 aromatic rings. The molecule has 1 amide bonds. The van der Waals surface area contributed by atoms with Crippen molar-refractivity contribution in [1.29, 1.82) is 0 Å². The quantitative estimate of drug-likeness (QED) is 0.572. The van der Waals surface area contributed by atoms with Crippen molar-refractivity contribution < 1.29 is 9.53 Å². The second-order valence-corrected chi connectivity index (χ2v) is 5.76. The van der Waals surface area contributed by atoms with Crippen LogP contribution in [0.4, 0.5) is 0 Å². The number of ether oxygens (including phenoxy) is 1. The molecule has 116 valence electrons.